The van der Waals surface area contributed by atoms with Crippen molar-refractivity contribution < 1.29 is 0 Å². The Morgan fingerprint density at radius 2 is 2.23 bits per heavy atom. The Balaban J connectivity index is 2.32. The molecule has 13 heavy (non-hydrogen) atoms. The third-order valence-electron chi connectivity index (χ3n) is 2.48. The molecular formula is C11H17BrS. The fourth-order valence-electron chi connectivity index (χ4n) is 1.37. The smallest absolute Gasteiger partial charge is 0.00622 e. The lowest BCUT2D eigenvalue weighted by atomic mass is 9.93. The van der Waals surface area contributed by atoms with E-state index in [2.05, 4.69) is 47.3 Å². The first-order chi connectivity index (χ1) is 6.24. The molecule has 0 fully saturated rings. The quantitative estimate of drug-likeness (QED) is 0.691. The molecule has 1 atom stereocenters. The molecule has 1 heterocycles. The maximum absolute atomic E-state index is 3.58. The van der Waals surface area contributed by atoms with Gasteiger partial charge in [-0.2, -0.15) is 0 Å². The molecule has 1 aromatic rings. The predicted octanol–water partition coefficient (Wildman–Crippen LogP) is 4.35. The van der Waals surface area contributed by atoms with Crippen molar-refractivity contribution >= 4 is 27.3 Å². The molecule has 0 spiro atoms. The second-order valence-electron chi connectivity index (χ2n) is 3.78. The summed E-state index contributed by atoms with van der Waals surface area (Å²) in [7, 11) is 0. The molecule has 0 aliphatic heterocycles. The molecule has 0 amide bonds. The molecule has 0 aromatic carbocycles. The van der Waals surface area contributed by atoms with Gasteiger partial charge in [-0.15, -0.1) is 11.3 Å². The van der Waals surface area contributed by atoms with E-state index in [0.717, 1.165) is 17.2 Å². The maximum Gasteiger partial charge on any atom is 0.00622 e. The largest absolute Gasteiger partial charge is 0.149 e. The van der Waals surface area contributed by atoms with Gasteiger partial charge in [0, 0.05) is 10.2 Å². The van der Waals surface area contributed by atoms with Crippen LogP contribution in [0.3, 0.4) is 0 Å². The van der Waals surface area contributed by atoms with Gasteiger partial charge in [0.2, 0.25) is 0 Å². The van der Waals surface area contributed by atoms with E-state index in [1.54, 1.807) is 0 Å². The van der Waals surface area contributed by atoms with Gasteiger partial charge in [-0.1, -0.05) is 35.8 Å². The van der Waals surface area contributed by atoms with Crippen LogP contribution in [-0.2, 0) is 6.42 Å². The monoisotopic (exact) mass is 260 g/mol. The van der Waals surface area contributed by atoms with E-state index in [-0.39, 0.29) is 0 Å². The van der Waals surface area contributed by atoms with Crippen molar-refractivity contribution in [1.82, 2.24) is 0 Å². The van der Waals surface area contributed by atoms with Crippen molar-refractivity contribution in [2.45, 2.75) is 26.7 Å². The van der Waals surface area contributed by atoms with Gasteiger partial charge in [0.05, 0.1) is 0 Å². The Morgan fingerprint density at radius 3 is 2.69 bits per heavy atom. The van der Waals surface area contributed by atoms with Crippen LogP contribution in [0.25, 0.3) is 0 Å². The van der Waals surface area contributed by atoms with E-state index in [0.29, 0.717) is 0 Å². The Hall–Kier alpha value is 0.180. The van der Waals surface area contributed by atoms with Crippen molar-refractivity contribution in [3.05, 3.63) is 22.4 Å². The minimum absolute atomic E-state index is 0.791. The SMILES string of the molecule is CC(C)C(CBr)CCc1cccs1. The molecule has 0 nitrogen and oxygen atoms in total. The summed E-state index contributed by atoms with van der Waals surface area (Å²) in [4.78, 5) is 1.52. The Labute approximate surface area is 93.5 Å². The standard InChI is InChI=1S/C11H17BrS/c1-9(2)10(8-12)5-6-11-4-3-7-13-11/h3-4,7,9-10H,5-6,8H2,1-2H3. The summed E-state index contributed by atoms with van der Waals surface area (Å²) in [5.74, 6) is 1.61. The second kappa shape index (κ2) is 5.82. The lowest BCUT2D eigenvalue weighted by molar-refractivity contribution is 0.403. The van der Waals surface area contributed by atoms with Crippen molar-refractivity contribution in [2.75, 3.05) is 5.33 Å². The van der Waals surface area contributed by atoms with Gasteiger partial charge in [0.1, 0.15) is 0 Å². The summed E-state index contributed by atoms with van der Waals surface area (Å²) in [6.07, 6.45) is 2.55. The number of aryl methyl sites for hydroxylation is 1. The zero-order valence-corrected chi connectivity index (χ0v) is 10.7. The first kappa shape index (κ1) is 11.3. The molecule has 0 N–H and O–H groups in total. The number of alkyl halides is 1. The van der Waals surface area contributed by atoms with Crippen molar-refractivity contribution in [3.63, 3.8) is 0 Å². The van der Waals surface area contributed by atoms with Crippen molar-refractivity contribution in [2.24, 2.45) is 11.8 Å². The number of rotatable bonds is 5. The molecule has 0 saturated heterocycles. The number of hydrogen-bond donors (Lipinski definition) is 0. The highest BCUT2D eigenvalue weighted by Gasteiger charge is 2.11. The van der Waals surface area contributed by atoms with Crippen LogP contribution in [0.2, 0.25) is 0 Å². The molecule has 74 valence electrons. The van der Waals surface area contributed by atoms with Crippen molar-refractivity contribution in [3.8, 4) is 0 Å². The third kappa shape index (κ3) is 3.82. The maximum atomic E-state index is 3.58. The van der Waals surface area contributed by atoms with Gasteiger partial charge in [-0.3, -0.25) is 0 Å². The highest BCUT2D eigenvalue weighted by atomic mass is 79.9. The number of hydrogen-bond acceptors (Lipinski definition) is 1. The minimum atomic E-state index is 0.791. The van der Waals surface area contributed by atoms with E-state index in [1.165, 1.54) is 17.7 Å². The molecule has 0 bridgehead atoms. The van der Waals surface area contributed by atoms with Gasteiger partial charge in [-0.25, -0.2) is 0 Å². The lowest BCUT2D eigenvalue weighted by Gasteiger charge is -2.17. The molecular weight excluding hydrogens is 244 g/mol. The molecule has 0 aliphatic carbocycles. The van der Waals surface area contributed by atoms with Crippen LogP contribution in [0, 0.1) is 11.8 Å². The number of thiophene rings is 1. The summed E-state index contributed by atoms with van der Waals surface area (Å²) < 4.78 is 0. The first-order valence-electron chi connectivity index (χ1n) is 4.82. The van der Waals surface area contributed by atoms with E-state index in [4.69, 9.17) is 0 Å². The molecule has 0 radical (unpaired) electrons. The van der Waals surface area contributed by atoms with Gasteiger partial charge >= 0.3 is 0 Å². The zero-order valence-electron chi connectivity index (χ0n) is 8.29. The average molecular weight is 261 g/mol. The Morgan fingerprint density at radius 1 is 1.46 bits per heavy atom. The highest BCUT2D eigenvalue weighted by Crippen LogP contribution is 2.21. The zero-order chi connectivity index (χ0) is 9.68. The summed E-state index contributed by atoms with van der Waals surface area (Å²) in [5, 5.41) is 3.30. The summed E-state index contributed by atoms with van der Waals surface area (Å²) in [5.41, 5.74) is 0. The van der Waals surface area contributed by atoms with Crippen molar-refractivity contribution in [1.29, 1.82) is 0 Å². The Bertz CT molecular complexity index is 216. The van der Waals surface area contributed by atoms with Crippen LogP contribution in [0.4, 0.5) is 0 Å². The van der Waals surface area contributed by atoms with Gasteiger partial charge in [-0.05, 0) is 36.1 Å². The summed E-state index contributed by atoms with van der Waals surface area (Å²) in [6.45, 7) is 4.61. The van der Waals surface area contributed by atoms with Gasteiger partial charge < -0.3 is 0 Å². The van der Waals surface area contributed by atoms with E-state index in [9.17, 15) is 0 Å². The highest BCUT2D eigenvalue weighted by molar-refractivity contribution is 9.09. The normalized spacial score (nSPS) is 13.5. The fraction of sp³-hybridized carbons (Fsp3) is 0.636. The first-order valence-corrected chi connectivity index (χ1v) is 6.82. The van der Waals surface area contributed by atoms with Crippen LogP contribution in [-0.4, -0.2) is 5.33 Å². The average Bonchev–Trinajstić information content (AvgIpc) is 2.57. The van der Waals surface area contributed by atoms with E-state index < -0.39 is 0 Å². The molecule has 1 unspecified atom stereocenters. The minimum Gasteiger partial charge on any atom is -0.149 e. The second-order valence-corrected chi connectivity index (χ2v) is 5.46. The Kier molecular flexibility index (Phi) is 5.04. The molecule has 0 aliphatic rings. The van der Waals surface area contributed by atoms with Crippen LogP contribution < -0.4 is 0 Å². The fourth-order valence-corrected chi connectivity index (χ4v) is 3.17. The van der Waals surface area contributed by atoms with Crippen LogP contribution in [0.5, 0.6) is 0 Å². The predicted molar refractivity (Wildman–Crippen MR) is 64.8 cm³/mol. The molecule has 1 aromatic heterocycles. The van der Waals surface area contributed by atoms with Crippen LogP contribution in [0.15, 0.2) is 17.5 Å². The van der Waals surface area contributed by atoms with Gasteiger partial charge in [0.15, 0.2) is 0 Å². The third-order valence-corrected chi connectivity index (χ3v) is 4.25. The van der Waals surface area contributed by atoms with Crippen LogP contribution in [0.1, 0.15) is 25.1 Å². The molecule has 2 heteroatoms. The summed E-state index contributed by atoms with van der Waals surface area (Å²) >= 11 is 5.46. The molecule has 0 saturated carbocycles. The van der Waals surface area contributed by atoms with Crippen LogP contribution >= 0.6 is 27.3 Å². The molecule has 1 rings (SSSR count). The topological polar surface area (TPSA) is 0 Å². The lowest BCUT2D eigenvalue weighted by Crippen LogP contribution is -2.10. The summed E-state index contributed by atoms with van der Waals surface area (Å²) in [6, 6.07) is 4.37. The van der Waals surface area contributed by atoms with E-state index in [1.807, 2.05) is 11.3 Å². The van der Waals surface area contributed by atoms with Gasteiger partial charge in [0.25, 0.3) is 0 Å². The number of halogens is 1. The van der Waals surface area contributed by atoms with E-state index >= 15 is 0 Å².